The molecule has 0 aromatic carbocycles. The van der Waals surface area contributed by atoms with Crippen LogP contribution in [0.25, 0.3) is 5.65 Å². The van der Waals surface area contributed by atoms with Gasteiger partial charge in [0.05, 0.1) is 18.3 Å². The molecule has 0 amide bonds. The van der Waals surface area contributed by atoms with Crippen molar-refractivity contribution >= 4 is 17.4 Å². The molecule has 2 aromatic rings. The fourth-order valence-corrected chi connectivity index (χ4v) is 2.43. The first kappa shape index (κ1) is 16.1. The Labute approximate surface area is 123 Å². The zero-order chi connectivity index (χ0) is 15.5. The lowest BCUT2D eigenvalue weighted by molar-refractivity contribution is -0.137. The Morgan fingerprint density at radius 1 is 1.38 bits per heavy atom. The highest BCUT2D eigenvalue weighted by atomic mass is 32.2. The van der Waals surface area contributed by atoms with Crippen LogP contribution in [-0.2, 0) is 10.9 Å². The molecule has 0 saturated carbocycles. The molecule has 0 aliphatic heterocycles. The smallest absolute Gasteiger partial charge is 0.390 e. The Morgan fingerprint density at radius 3 is 2.81 bits per heavy atom. The fraction of sp³-hybridized carbons (Fsp3) is 0.500. The van der Waals surface area contributed by atoms with Gasteiger partial charge in [0, 0.05) is 18.6 Å². The van der Waals surface area contributed by atoms with Crippen molar-refractivity contribution in [2.45, 2.75) is 24.4 Å². The number of fused-ring (bicyclic) bond motifs is 1. The summed E-state index contributed by atoms with van der Waals surface area (Å²) in [5, 5.41) is 17.6. The van der Waals surface area contributed by atoms with Crippen LogP contribution in [-0.4, -0.2) is 44.8 Å². The standard InChI is InChI=1S/C12H14F3N3O2S/c1-2-20-6-9(19)7-21-11-17-16-10-4-3-8(5-18(10)11)12(13,14)15/h3-5,9,19H,2,6-7H2,1H3/t9-/m0/s1. The summed E-state index contributed by atoms with van der Waals surface area (Å²) in [6, 6.07) is 2.22. The maximum atomic E-state index is 12.7. The molecule has 0 bridgehead atoms. The van der Waals surface area contributed by atoms with Crippen LogP contribution in [0.4, 0.5) is 13.2 Å². The fourth-order valence-electron chi connectivity index (χ4n) is 1.61. The predicted octanol–water partition coefficient (Wildman–Crippen LogP) is 2.24. The second-order valence-corrected chi connectivity index (χ2v) is 5.24. The van der Waals surface area contributed by atoms with E-state index in [-0.39, 0.29) is 12.4 Å². The third-order valence-corrected chi connectivity index (χ3v) is 3.71. The first-order valence-corrected chi connectivity index (χ1v) is 7.21. The summed E-state index contributed by atoms with van der Waals surface area (Å²) in [6.45, 7) is 2.48. The summed E-state index contributed by atoms with van der Waals surface area (Å²) < 4.78 is 44.4. The first-order valence-electron chi connectivity index (χ1n) is 6.22. The number of thioether (sulfide) groups is 1. The minimum Gasteiger partial charge on any atom is -0.390 e. The van der Waals surface area contributed by atoms with Gasteiger partial charge < -0.3 is 9.84 Å². The Balaban J connectivity index is 2.13. The minimum atomic E-state index is -4.42. The van der Waals surface area contributed by atoms with Crippen LogP contribution >= 0.6 is 11.8 Å². The van der Waals surface area contributed by atoms with E-state index in [0.29, 0.717) is 17.4 Å². The molecule has 5 nitrogen and oxygen atoms in total. The highest BCUT2D eigenvalue weighted by molar-refractivity contribution is 7.99. The second-order valence-electron chi connectivity index (χ2n) is 4.25. The number of hydrogen-bond acceptors (Lipinski definition) is 5. The van der Waals surface area contributed by atoms with E-state index < -0.39 is 17.8 Å². The minimum absolute atomic E-state index is 0.175. The van der Waals surface area contributed by atoms with Crippen molar-refractivity contribution in [3.05, 3.63) is 23.9 Å². The van der Waals surface area contributed by atoms with Gasteiger partial charge in [0.2, 0.25) is 0 Å². The molecule has 21 heavy (non-hydrogen) atoms. The van der Waals surface area contributed by atoms with Crippen molar-refractivity contribution in [2.24, 2.45) is 0 Å². The third-order valence-electron chi connectivity index (χ3n) is 2.62. The summed E-state index contributed by atoms with van der Waals surface area (Å²) in [5.74, 6) is 0.261. The van der Waals surface area contributed by atoms with Gasteiger partial charge in [0.15, 0.2) is 10.8 Å². The topological polar surface area (TPSA) is 59.7 Å². The number of ether oxygens (including phenoxy) is 1. The van der Waals surface area contributed by atoms with Gasteiger partial charge in [-0.3, -0.25) is 4.40 Å². The van der Waals surface area contributed by atoms with Crippen molar-refractivity contribution in [3.63, 3.8) is 0 Å². The van der Waals surface area contributed by atoms with Gasteiger partial charge in [-0.15, -0.1) is 10.2 Å². The maximum absolute atomic E-state index is 12.7. The van der Waals surface area contributed by atoms with Crippen molar-refractivity contribution in [1.82, 2.24) is 14.6 Å². The van der Waals surface area contributed by atoms with Gasteiger partial charge in [-0.25, -0.2) is 0 Å². The molecular formula is C12H14F3N3O2S. The molecule has 0 aliphatic carbocycles. The monoisotopic (exact) mass is 321 g/mol. The van der Waals surface area contributed by atoms with Crippen molar-refractivity contribution in [1.29, 1.82) is 0 Å². The average molecular weight is 321 g/mol. The number of aliphatic hydroxyl groups is 1. The predicted molar refractivity (Wildman–Crippen MR) is 71.2 cm³/mol. The largest absolute Gasteiger partial charge is 0.417 e. The number of halogens is 3. The van der Waals surface area contributed by atoms with E-state index in [0.717, 1.165) is 24.0 Å². The SMILES string of the molecule is CCOC[C@H](O)CSc1nnc2ccc(C(F)(F)F)cn12. The van der Waals surface area contributed by atoms with Gasteiger partial charge in [-0.2, -0.15) is 13.2 Å². The molecule has 116 valence electrons. The Kier molecular flexibility index (Phi) is 5.07. The lowest BCUT2D eigenvalue weighted by Gasteiger charge is -2.10. The average Bonchev–Trinajstić information content (AvgIpc) is 2.84. The van der Waals surface area contributed by atoms with E-state index in [9.17, 15) is 18.3 Å². The first-order chi connectivity index (χ1) is 9.91. The summed E-state index contributed by atoms with van der Waals surface area (Å²) in [5.41, 5.74) is -0.448. The molecule has 0 fully saturated rings. The second kappa shape index (κ2) is 6.63. The van der Waals surface area contributed by atoms with Crippen molar-refractivity contribution in [2.75, 3.05) is 19.0 Å². The van der Waals surface area contributed by atoms with Crippen LogP contribution in [0.3, 0.4) is 0 Å². The molecule has 9 heteroatoms. The van der Waals surface area contributed by atoms with Gasteiger partial charge in [-0.1, -0.05) is 11.8 Å². The van der Waals surface area contributed by atoms with Crippen molar-refractivity contribution in [3.8, 4) is 0 Å². The summed E-state index contributed by atoms with van der Waals surface area (Å²) in [6.07, 6.45) is -4.19. The zero-order valence-corrected chi connectivity index (χ0v) is 12.0. The number of aliphatic hydroxyl groups excluding tert-OH is 1. The van der Waals surface area contributed by atoms with E-state index >= 15 is 0 Å². The van der Waals surface area contributed by atoms with Crippen LogP contribution in [0, 0.1) is 0 Å². The summed E-state index contributed by atoms with van der Waals surface area (Å²) >= 11 is 1.13. The van der Waals surface area contributed by atoms with E-state index in [1.807, 2.05) is 6.92 Å². The van der Waals surface area contributed by atoms with E-state index in [1.54, 1.807) is 0 Å². The van der Waals surface area contributed by atoms with Crippen LogP contribution in [0.2, 0.25) is 0 Å². The van der Waals surface area contributed by atoms with E-state index in [4.69, 9.17) is 4.74 Å². The number of pyridine rings is 1. The molecule has 2 rings (SSSR count). The van der Waals surface area contributed by atoms with Gasteiger partial charge in [0.1, 0.15) is 0 Å². The molecule has 1 N–H and O–H groups in total. The van der Waals surface area contributed by atoms with Gasteiger partial charge in [0.25, 0.3) is 0 Å². The number of hydrogen-bond donors (Lipinski definition) is 1. The number of aromatic nitrogens is 3. The lowest BCUT2D eigenvalue weighted by Crippen LogP contribution is -2.18. The molecule has 0 radical (unpaired) electrons. The van der Waals surface area contributed by atoms with Crippen LogP contribution in [0.5, 0.6) is 0 Å². The number of alkyl halides is 3. The lowest BCUT2D eigenvalue weighted by atomic mass is 10.3. The molecule has 0 unspecified atom stereocenters. The van der Waals surface area contributed by atoms with Crippen LogP contribution < -0.4 is 0 Å². The Hall–Kier alpha value is -1.32. The summed E-state index contributed by atoms with van der Waals surface area (Å²) in [7, 11) is 0. The quantitative estimate of drug-likeness (QED) is 0.827. The molecule has 2 heterocycles. The molecule has 0 aliphatic rings. The Morgan fingerprint density at radius 2 is 2.14 bits per heavy atom. The highest BCUT2D eigenvalue weighted by Gasteiger charge is 2.31. The van der Waals surface area contributed by atoms with E-state index in [1.165, 1.54) is 10.5 Å². The number of rotatable bonds is 6. The van der Waals surface area contributed by atoms with Gasteiger partial charge in [-0.05, 0) is 19.1 Å². The molecule has 0 saturated heterocycles. The van der Waals surface area contributed by atoms with Crippen LogP contribution in [0.15, 0.2) is 23.5 Å². The molecule has 0 spiro atoms. The highest BCUT2D eigenvalue weighted by Crippen LogP contribution is 2.30. The number of nitrogens with zero attached hydrogens (tertiary/aromatic N) is 3. The van der Waals surface area contributed by atoms with Crippen molar-refractivity contribution < 1.29 is 23.0 Å². The van der Waals surface area contributed by atoms with E-state index in [2.05, 4.69) is 10.2 Å². The third kappa shape index (κ3) is 4.08. The van der Waals surface area contributed by atoms with Crippen LogP contribution in [0.1, 0.15) is 12.5 Å². The molecular weight excluding hydrogens is 307 g/mol. The summed E-state index contributed by atoms with van der Waals surface area (Å²) in [4.78, 5) is 0. The molecule has 1 atom stereocenters. The van der Waals surface area contributed by atoms with Gasteiger partial charge >= 0.3 is 6.18 Å². The zero-order valence-electron chi connectivity index (χ0n) is 11.2. The normalized spacial score (nSPS) is 13.8. The molecule has 2 aromatic heterocycles. The maximum Gasteiger partial charge on any atom is 0.417 e. The Bertz CT molecular complexity index is 603.